The topological polar surface area (TPSA) is 30.0 Å². The maximum Gasteiger partial charge on any atom is 0.280 e. The Labute approximate surface area is 84.9 Å². The highest BCUT2D eigenvalue weighted by Crippen LogP contribution is 2.21. The van der Waals surface area contributed by atoms with Gasteiger partial charge in [-0.25, -0.2) is 8.78 Å². The average Bonchev–Trinajstić information content (AvgIpc) is 2.16. The van der Waals surface area contributed by atoms with Gasteiger partial charge in [-0.2, -0.15) is 0 Å². The smallest absolute Gasteiger partial charge is 0.280 e. The SMILES string of the molecule is Cc1nc(C(F)F)cc(CCl)c1C=O. The van der Waals surface area contributed by atoms with Gasteiger partial charge in [-0.15, -0.1) is 11.6 Å². The van der Waals surface area contributed by atoms with Crippen LogP contribution in [-0.2, 0) is 5.88 Å². The Bertz CT molecular complexity index is 355. The minimum Gasteiger partial charge on any atom is -0.298 e. The summed E-state index contributed by atoms with van der Waals surface area (Å²) in [5.74, 6) is 0.0250. The Kier molecular flexibility index (Phi) is 3.52. The highest BCUT2D eigenvalue weighted by molar-refractivity contribution is 6.17. The molecule has 76 valence electrons. The molecular weight excluding hydrogens is 212 g/mol. The molecule has 0 aromatic carbocycles. The molecule has 0 aliphatic heterocycles. The van der Waals surface area contributed by atoms with Crippen LogP contribution in [0.3, 0.4) is 0 Å². The minimum atomic E-state index is -2.64. The zero-order chi connectivity index (χ0) is 10.7. The summed E-state index contributed by atoms with van der Waals surface area (Å²) in [6.45, 7) is 1.51. The van der Waals surface area contributed by atoms with Crippen LogP contribution in [0.2, 0.25) is 0 Å². The third-order valence-electron chi connectivity index (χ3n) is 1.84. The third kappa shape index (κ3) is 2.07. The molecule has 0 atom stereocenters. The van der Waals surface area contributed by atoms with Crippen molar-refractivity contribution in [1.29, 1.82) is 0 Å². The summed E-state index contributed by atoms with van der Waals surface area (Å²) in [6.07, 6.45) is -2.06. The van der Waals surface area contributed by atoms with Gasteiger partial charge in [-0.05, 0) is 18.6 Å². The van der Waals surface area contributed by atoms with Gasteiger partial charge in [0.2, 0.25) is 0 Å². The normalized spacial score (nSPS) is 10.6. The molecule has 1 rings (SSSR count). The van der Waals surface area contributed by atoms with E-state index in [1.54, 1.807) is 0 Å². The lowest BCUT2D eigenvalue weighted by atomic mass is 10.1. The summed E-state index contributed by atoms with van der Waals surface area (Å²) in [5, 5.41) is 0. The predicted octanol–water partition coefficient (Wildman–Crippen LogP) is 2.88. The van der Waals surface area contributed by atoms with Gasteiger partial charge in [-0.3, -0.25) is 9.78 Å². The number of aldehydes is 1. The molecule has 0 saturated carbocycles. The van der Waals surface area contributed by atoms with Crippen LogP contribution in [0.1, 0.15) is 33.7 Å². The van der Waals surface area contributed by atoms with Crippen LogP contribution in [0.25, 0.3) is 0 Å². The van der Waals surface area contributed by atoms with Crippen LogP contribution in [-0.4, -0.2) is 11.3 Å². The molecule has 0 radical (unpaired) electrons. The molecule has 2 nitrogen and oxygen atoms in total. The van der Waals surface area contributed by atoms with Crippen LogP contribution in [0, 0.1) is 6.92 Å². The first kappa shape index (κ1) is 11.0. The van der Waals surface area contributed by atoms with Crippen LogP contribution < -0.4 is 0 Å². The van der Waals surface area contributed by atoms with Crippen LogP contribution in [0.5, 0.6) is 0 Å². The van der Waals surface area contributed by atoms with E-state index in [0.717, 1.165) is 6.07 Å². The summed E-state index contributed by atoms with van der Waals surface area (Å²) < 4.78 is 24.6. The molecule has 0 unspecified atom stereocenters. The average molecular weight is 220 g/mol. The van der Waals surface area contributed by atoms with E-state index in [0.29, 0.717) is 17.4 Å². The number of carbonyl (C=O) groups is 1. The lowest BCUT2D eigenvalue weighted by Crippen LogP contribution is -2.02. The van der Waals surface area contributed by atoms with Crippen molar-refractivity contribution in [3.8, 4) is 0 Å². The fraction of sp³-hybridized carbons (Fsp3) is 0.333. The maximum absolute atomic E-state index is 12.3. The zero-order valence-electron chi connectivity index (χ0n) is 7.43. The van der Waals surface area contributed by atoms with E-state index in [1.807, 2.05) is 0 Å². The number of pyridine rings is 1. The Morgan fingerprint density at radius 2 is 2.29 bits per heavy atom. The van der Waals surface area contributed by atoms with E-state index in [2.05, 4.69) is 4.98 Å². The number of hydrogen-bond donors (Lipinski definition) is 0. The van der Waals surface area contributed by atoms with Crippen molar-refractivity contribution in [2.75, 3.05) is 0 Å². The van der Waals surface area contributed by atoms with Gasteiger partial charge in [0.25, 0.3) is 6.43 Å². The van der Waals surface area contributed by atoms with Crippen molar-refractivity contribution in [2.24, 2.45) is 0 Å². The van der Waals surface area contributed by atoms with Gasteiger partial charge in [0.15, 0.2) is 6.29 Å². The van der Waals surface area contributed by atoms with Gasteiger partial charge < -0.3 is 0 Å². The molecule has 0 amide bonds. The molecule has 1 aromatic rings. The third-order valence-corrected chi connectivity index (χ3v) is 2.13. The Morgan fingerprint density at radius 1 is 1.64 bits per heavy atom. The lowest BCUT2D eigenvalue weighted by molar-refractivity contribution is 0.112. The maximum atomic E-state index is 12.3. The number of nitrogens with zero attached hydrogens (tertiary/aromatic N) is 1. The second-order valence-electron chi connectivity index (χ2n) is 2.76. The molecule has 0 spiro atoms. The molecule has 0 bridgehead atoms. The number of halogens is 3. The molecule has 0 fully saturated rings. The standard InChI is InChI=1S/C9H8ClF2NO/c1-5-7(4-14)6(3-10)2-8(13-5)9(11)12/h2,4,9H,3H2,1H3. The van der Waals surface area contributed by atoms with Gasteiger partial charge in [0, 0.05) is 17.1 Å². The molecule has 0 saturated heterocycles. The summed E-state index contributed by atoms with van der Waals surface area (Å²) >= 11 is 5.53. The van der Waals surface area contributed by atoms with E-state index in [-0.39, 0.29) is 17.3 Å². The zero-order valence-corrected chi connectivity index (χ0v) is 8.18. The van der Waals surface area contributed by atoms with E-state index in [9.17, 15) is 13.6 Å². The summed E-state index contributed by atoms with van der Waals surface area (Å²) in [7, 11) is 0. The first-order chi connectivity index (χ1) is 6.60. The fourth-order valence-electron chi connectivity index (χ4n) is 1.16. The molecule has 5 heteroatoms. The second-order valence-corrected chi connectivity index (χ2v) is 3.02. The second kappa shape index (κ2) is 4.46. The summed E-state index contributed by atoms with van der Waals surface area (Å²) in [5.41, 5.74) is 0.631. The molecule has 1 aromatic heterocycles. The predicted molar refractivity (Wildman–Crippen MR) is 48.9 cm³/mol. The molecule has 0 aliphatic rings. The van der Waals surface area contributed by atoms with Gasteiger partial charge >= 0.3 is 0 Å². The highest BCUT2D eigenvalue weighted by atomic mass is 35.5. The van der Waals surface area contributed by atoms with E-state index in [4.69, 9.17) is 11.6 Å². The molecule has 1 heterocycles. The quantitative estimate of drug-likeness (QED) is 0.578. The largest absolute Gasteiger partial charge is 0.298 e. The van der Waals surface area contributed by atoms with Gasteiger partial charge in [0.1, 0.15) is 5.69 Å². The van der Waals surface area contributed by atoms with E-state index < -0.39 is 6.43 Å². The van der Waals surface area contributed by atoms with E-state index >= 15 is 0 Å². The lowest BCUT2D eigenvalue weighted by Gasteiger charge is -2.07. The Balaban J connectivity index is 3.31. The van der Waals surface area contributed by atoms with Crippen molar-refractivity contribution in [2.45, 2.75) is 19.2 Å². The number of aromatic nitrogens is 1. The fourth-order valence-corrected chi connectivity index (χ4v) is 1.38. The van der Waals surface area contributed by atoms with Crippen LogP contribution in [0.4, 0.5) is 8.78 Å². The van der Waals surface area contributed by atoms with Gasteiger partial charge in [-0.1, -0.05) is 0 Å². The highest BCUT2D eigenvalue weighted by Gasteiger charge is 2.14. The van der Waals surface area contributed by atoms with Crippen molar-refractivity contribution in [1.82, 2.24) is 4.98 Å². The Morgan fingerprint density at radius 3 is 2.71 bits per heavy atom. The number of carbonyl (C=O) groups excluding carboxylic acids is 1. The van der Waals surface area contributed by atoms with Crippen molar-refractivity contribution in [3.05, 3.63) is 28.6 Å². The molecule has 14 heavy (non-hydrogen) atoms. The monoisotopic (exact) mass is 219 g/mol. The number of alkyl halides is 3. The molecule has 0 aliphatic carbocycles. The number of rotatable bonds is 3. The minimum absolute atomic E-state index is 0.0250. The number of aryl methyl sites for hydroxylation is 1. The van der Waals surface area contributed by atoms with Gasteiger partial charge in [0.05, 0.1) is 0 Å². The molecular formula is C9H8ClF2NO. The summed E-state index contributed by atoms with van der Waals surface area (Å²) in [6, 6.07) is 1.16. The Hall–Kier alpha value is -1.03. The summed E-state index contributed by atoms with van der Waals surface area (Å²) in [4.78, 5) is 14.2. The first-order valence-electron chi connectivity index (χ1n) is 3.89. The molecule has 0 N–H and O–H groups in total. The van der Waals surface area contributed by atoms with Crippen molar-refractivity contribution < 1.29 is 13.6 Å². The van der Waals surface area contributed by atoms with Crippen molar-refractivity contribution in [3.63, 3.8) is 0 Å². The van der Waals surface area contributed by atoms with Crippen LogP contribution >= 0.6 is 11.6 Å². The van der Waals surface area contributed by atoms with E-state index in [1.165, 1.54) is 6.92 Å². The first-order valence-corrected chi connectivity index (χ1v) is 4.43. The van der Waals surface area contributed by atoms with Crippen molar-refractivity contribution >= 4 is 17.9 Å². The number of hydrogen-bond acceptors (Lipinski definition) is 2. The van der Waals surface area contributed by atoms with Crippen LogP contribution in [0.15, 0.2) is 6.07 Å².